The third kappa shape index (κ3) is 9.13. The third-order valence-corrected chi connectivity index (χ3v) is 5.41. The molecule has 0 unspecified atom stereocenters. The SMILES string of the molecule is CC(C)C[C@H](NC(=O)[C@H](C)N)C(=O)N[C@@H](CC(N)=O)C(=O)N[C@@H](CO)C(=O)N1CCC[C@H]1C(=O)O. The standard InChI is InChI=1S/C21H36N6O8/c1-10(2)7-12(24-17(30)11(3)22)18(31)25-13(8-16(23)29)19(32)26-14(9-28)20(33)27-6-4-5-15(27)21(34)35/h10-15,28H,4-9,22H2,1-3H3,(H2,23,29)(H,24,30)(H,25,31)(H,26,32)(H,34,35)/t11-,12-,13-,14-,15-/m0/s1. The number of hydrogen-bond acceptors (Lipinski definition) is 8. The number of aliphatic carboxylic acids is 1. The van der Waals surface area contributed by atoms with Crippen LogP contribution in [0.5, 0.6) is 0 Å². The zero-order valence-electron chi connectivity index (χ0n) is 20.2. The van der Waals surface area contributed by atoms with E-state index in [4.69, 9.17) is 11.5 Å². The number of carboxylic acids is 1. The lowest BCUT2D eigenvalue weighted by Crippen LogP contribution is -2.59. The highest BCUT2D eigenvalue weighted by Gasteiger charge is 2.38. The van der Waals surface area contributed by atoms with E-state index in [1.165, 1.54) is 6.92 Å². The molecule has 198 valence electrons. The maximum absolute atomic E-state index is 12.9. The van der Waals surface area contributed by atoms with Crippen molar-refractivity contribution >= 4 is 35.5 Å². The highest BCUT2D eigenvalue weighted by molar-refractivity contribution is 5.97. The zero-order valence-corrected chi connectivity index (χ0v) is 20.2. The van der Waals surface area contributed by atoms with Crippen molar-refractivity contribution < 1.29 is 39.0 Å². The van der Waals surface area contributed by atoms with E-state index in [0.717, 1.165) is 4.90 Å². The van der Waals surface area contributed by atoms with Gasteiger partial charge in [-0.1, -0.05) is 13.8 Å². The molecule has 1 aliphatic rings. The van der Waals surface area contributed by atoms with Gasteiger partial charge in [-0.3, -0.25) is 24.0 Å². The Labute approximate surface area is 203 Å². The summed E-state index contributed by atoms with van der Waals surface area (Å²) >= 11 is 0. The summed E-state index contributed by atoms with van der Waals surface area (Å²) in [5.41, 5.74) is 10.8. The van der Waals surface area contributed by atoms with Crippen LogP contribution in [-0.2, 0) is 28.8 Å². The largest absolute Gasteiger partial charge is 0.480 e. The highest BCUT2D eigenvalue weighted by atomic mass is 16.4. The predicted octanol–water partition coefficient (Wildman–Crippen LogP) is -3.22. The molecular weight excluding hydrogens is 464 g/mol. The number of nitrogens with two attached hydrogens (primary N) is 2. The lowest BCUT2D eigenvalue weighted by molar-refractivity contribution is -0.150. The summed E-state index contributed by atoms with van der Waals surface area (Å²) in [4.78, 5) is 74.5. The molecule has 0 saturated carbocycles. The number of aliphatic hydroxyl groups is 1. The summed E-state index contributed by atoms with van der Waals surface area (Å²) in [6, 6.07) is -6.05. The quantitative estimate of drug-likeness (QED) is 0.134. The number of nitrogens with one attached hydrogen (secondary N) is 3. The first-order valence-corrected chi connectivity index (χ1v) is 11.4. The van der Waals surface area contributed by atoms with Gasteiger partial charge in [0.15, 0.2) is 0 Å². The van der Waals surface area contributed by atoms with Gasteiger partial charge in [0.1, 0.15) is 24.2 Å². The summed E-state index contributed by atoms with van der Waals surface area (Å²) in [7, 11) is 0. The Morgan fingerprint density at radius 3 is 1.97 bits per heavy atom. The Hall–Kier alpha value is -3.26. The van der Waals surface area contributed by atoms with Gasteiger partial charge in [0.2, 0.25) is 29.5 Å². The lowest BCUT2D eigenvalue weighted by Gasteiger charge is -2.28. The second-order valence-corrected chi connectivity index (χ2v) is 8.98. The van der Waals surface area contributed by atoms with Crippen molar-refractivity contribution in [1.29, 1.82) is 0 Å². The minimum atomic E-state index is -1.52. The molecule has 0 radical (unpaired) electrons. The molecule has 1 rings (SSSR count). The van der Waals surface area contributed by atoms with Crippen LogP contribution < -0.4 is 27.4 Å². The molecule has 14 heteroatoms. The van der Waals surface area contributed by atoms with Crippen LogP contribution in [0.25, 0.3) is 0 Å². The molecule has 1 fully saturated rings. The molecule has 14 nitrogen and oxygen atoms in total. The van der Waals surface area contributed by atoms with Crippen LogP contribution >= 0.6 is 0 Å². The van der Waals surface area contributed by atoms with E-state index < -0.39 is 78.7 Å². The topological polar surface area (TPSA) is 234 Å². The lowest BCUT2D eigenvalue weighted by atomic mass is 10.0. The van der Waals surface area contributed by atoms with Crippen LogP contribution in [0.3, 0.4) is 0 Å². The number of carboxylic acid groups (broad SMARTS) is 1. The van der Waals surface area contributed by atoms with Gasteiger partial charge in [0.05, 0.1) is 19.1 Å². The Bertz CT molecular complexity index is 818. The van der Waals surface area contributed by atoms with Crippen molar-refractivity contribution in [1.82, 2.24) is 20.9 Å². The summed E-state index contributed by atoms with van der Waals surface area (Å²) in [6.45, 7) is 4.35. The number of nitrogens with zero attached hydrogens (tertiary/aromatic N) is 1. The average Bonchev–Trinajstić information content (AvgIpc) is 3.25. The van der Waals surface area contributed by atoms with Crippen molar-refractivity contribution in [2.75, 3.05) is 13.2 Å². The van der Waals surface area contributed by atoms with E-state index in [9.17, 15) is 39.0 Å². The molecule has 0 aromatic carbocycles. The number of carbonyl (C=O) groups excluding carboxylic acids is 5. The van der Waals surface area contributed by atoms with Gasteiger partial charge in [0.25, 0.3) is 0 Å². The molecule has 1 heterocycles. The molecule has 0 aromatic heterocycles. The Kier molecular flexibility index (Phi) is 11.6. The Morgan fingerprint density at radius 2 is 1.49 bits per heavy atom. The zero-order chi connectivity index (χ0) is 26.9. The van der Waals surface area contributed by atoms with Gasteiger partial charge >= 0.3 is 5.97 Å². The van der Waals surface area contributed by atoms with Gasteiger partial charge in [-0.25, -0.2) is 4.79 Å². The summed E-state index contributed by atoms with van der Waals surface area (Å²) in [6.07, 6.45) is 0.261. The van der Waals surface area contributed by atoms with Crippen molar-refractivity contribution in [3.05, 3.63) is 0 Å². The molecule has 0 aliphatic carbocycles. The number of primary amides is 1. The van der Waals surface area contributed by atoms with Gasteiger partial charge < -0.3 is 42.5 Å². The summed E-state index contributed by atoms with van der Waals surface area (Å²) in [5, 5.41) is 26.0. The van der Waals surface area contributed by atoms with E-state index in [1.807, 2.05) is 13.8 Å². The maximum Gasteiger partial charge on any atom is 0.326 e. The normalized spacial score (nSPS) is 18.8. The van der Waals surface area contributed by atoms with E-state index in [2.05, 4.69) is 16.0 Å². The van der Waals surface area contributed by atoms with Gasteiger partial charge in [-0.2, -0.15) is 0 Å². The van der Waals surface area contributed by atoms with Gasteiger partial charge in [0, 0.05) is 6.54 Å². The molecule has 0 aromatic rings. The number of aliphatic hydroxyl groups excluding tert-OH is 1. The van der Waals surface area contributed by atoms with E-state index >= 15 is 0 Å². The van der Waals surface area contributed by atoms with Crippen LogP contribution in [0.4, 0.5) is 0 Å². The van der Waals surface area contributed by atoms with Crippen molar-refractivity contribution in [2.24, 2.45) is 17.4 Å². The molecule has 5 atom stereocenters. The van der Waals surface area contributed by atoms with E-state index in [-0.39, 0.29) is 25.3 Å². The molecule has 0 spiro atoms. The van der Waals surface area contributed by atoms with Crippen molar-refractivity contribution in [3.8, 4) is 0 Å². The predicted molar refractivity (Wildman–Crippen MR) is 122 cm³/mol. The molecule has 9 N–H and O–H groups in total. The average molecular weight is 501 g/mol. The Morgan fingerprint density at radius 1 is 0.943 bits per heavy atom. The summed E-state index contributed by atoms with van der Waals surface area (Å²) in [5.74, 6) is -5.32. The molecule has 1 aliphatic heterocycles. The van der Waals surface area contributed by atoms with Crippen LogP contribution in [-0.4, -0.2) is 94.0 Å². The smallest absolute Gasteiger partial charge is 0.326 e. The fraction of sp³-hybridized carbons (Fsp3) is 0.714. The molecule has 5 amide bonds. The molecule has 0 bridgehead atoms. The number of hydrogen-bond donors (Lipinski definition) is 7. The van der Waals surface area contributed by atoms with Crippen molar-refractivity contribution in [3.63, 3.8) is 0 Å². The first-order valence-electron chi connectivity index (χ1n) is 11.4. The second kappa shape index (κ2) is 13.6. The third-order valence-electron chi connectivity index (χ3n) is 5.41. The number of carbonyl (C=O) groups is 6. The van der Waals surface area contributed by atoms with Gasteiger partial charge in [-0.05, 0) is 32.1 Å². The highest BCUT2D eigenvalue weighted by Crippen LogP contribution is 2.18. The minimum absolute atomic E-state index is 0.0263. The van der Waals surface area contributed by atoms with Crippen LogP contribution in [0.2, 0.25) is 0 Å². The fourth-order valence-electron chi connectivity index (χ4n) is 3.63. The Balaban J connectivity index is 3.00. The minimum Gasteiger partial charge on any atom is -0.480 e. The van der Waals surface area contributed by atoms with Crippen LogP contribution in [0, 0.1) is 5.92 Å². The summed E-state index contributed by atoms with van der Waals surface area (Å²) < 4.78 is 0. The van der Waals surface area contributed by atoms with Gasteiger partial charge in [-0.15, -0.1) is 0 Å². The second-order valence-electron chi connectivity index (χ2n) is 8.98. The first kappa shape index (κ1) is 29.8. The van der Waals surface area contributed by atoms with Crippen LogP contribution in [0.1, 0.15) is 46.5 Å². The maximum atomic E-state index is 12.9. The molecule has 35 heavy (non-hydrogen) atoms. The number of likely N-dealkylation sites (tertiary alicyclic amines) is 1. The monoisotopic (exact) mass is 500 g/mol. The number of amides is 5. The van der Waals surface area contributed by atoms with Crippen molar-refractivity contribution in [2.45, 2.75) is 76.7 Å². The number of rotatable bonds is 13. The molecular formula is C21H36N6O8. The fourth-order valence-corrected chi connectivity index (χ4v) is 3.63. The van der Waals surface area contributed by atoms with Crippen LogP contribution in [0.15, 0.2) is 0 Å². The van der Waals surface area contributed by atoms with E-state index in [0.29, 0.717) is 6.42 Å². The van der Waals surface area contributed by atoms with E-state index in [1.54, 1.807) is 0 Å². The first-order chi connectivity index (χ1) is 16.3. The molecule has 1 saturated heterocycles.